The lowest BCUT2D eigenvalue weighted by molar-refractivity contribution is -0.118. The molecule has 0 heterocycles. The summed E-state index contributed by atoms with van der Waals surface area (Å²) in [5.74, 6) is 0.0299. The smallest absolute Gasteiger partial charge is 0.217 e. The molecule has 1 N–H and O–H groups in total. The monoisotopic (exact) mass is 179 g/mol. The zero-order valence-electron chi connectivity index (χ0n) is 8.18. The number of amides is 1. The van der Waals surface area contributed by atoms with Crippen molar-refractivity contribution < 1.29 is 4.79 Å². The van der Waals surface area contributed by atoms with E-state index in [1.165, 1.54) is 38.2 Å². The maximum Gasteiger partial charge on any atom is 0.217 e. The van der Waals surface area contributed by atoms with Gasteiger partial charge >= 0.3 is 0 Å². The Bertz CT molecular complexity index is 228. The van der Waals surface area contributed by atoms with Gasteiger partial charge in [-0.15, -0.1) is 0 Å². The van der Waals surface area contributed by atoms with Crippen LogP contribution < -0.4 is 5.32 Å². The molecule has 0 fully saturated rings. The third kappa shape index (κ3) is 4.51. The zero-order valence-corrected chi connectivity index (χ0v) is 8.18. The highest BCUT2D eigenvalue weighted by Gasteiger charge is 1.98. The summed E-state index contributed by atoms with van der Waals surface area (Å²) in [7, 11) is 0. The van der Waals surface area contributed by atoms with E-state index in [4.69, 9.17) is 0 Å². The Kier molecular flexibility index (Phi) is 4.30. The lowest BCUT2D eigenvalue weighted by Gasteiger charge is -2.07. The third-order valence-corrected chi connectivity index (χ3v) is 2.13. The Hall–Kier alpha value is -1.05. The van der Waals surface area contributed by atoms with Crippen LogP contribution in [0.4, 0.5) is 0 Å². The molecule has 1 aliphatic rings. The van der Waals surface area contributed by atoms with Gasteiger partial charge in [0.05, 0.1) is 0 Å². The quantitative estimate of drug-likeness (QED) is 0.707. The van der Waals surface area contributed by atoms with Gasteiger partial charge in [0.1, 0.15) is 0 Å². The van der Waals surface area contributed by atoms with E-state index in [1.54, 1.807) is 0 Å². The van der Waals surface area contributed by atoms with E-state index in [0.29, 0.717) is 6.54 Å². The minimum Gasteiger partial charge on any atom is -0.353 e. The molecule has 0 saturated heterocycles. The van der Waals surface area contributed by atoms with Gasteiger partial charge in [-0.2, -0.15) is 0 Å². The number of carbonyl (C=O) groups is 1. The molecule has 0 radical (unpaired) electrons. The summed E-state index contributed by atoms with van der Waals surface area (Å²) in [6.07, 6.45) is 11.4. The molecule has 0 aromatic carbocycles. The molecular formula is C11H17NO. The Morgan fingerprint density at radius 3 is 3.08 bits per heavy atom. The summed E-state index contributed by atoms with van der Waals surface area (Å²) >= 11 is 0. The molecular weight excluding hydrogens is 162 g/mol. The Labute approximate surface area is 79.7 Å². The van der Waals surface area contributed by atoms with Crippen LogP contribution in [0, 0.1) is 0 Å². The standard InChI is InChI=1S/C11H17NO/c1-10(13)12-9-5-8-11-6-3-2-4-7-11/h5-6,8H,2-4,7,9H2,1H3,(H,12,13). The van der Waals surface area contributed by atoms with E-state index in [0.717, 1.165) is 0 Å². The van der Waals surface area contributed by atoms with Crippen molar-refractivity contribution in [2.75, 3.05) is 6.54 Å². The fourth-order valence-corrected chi connectivity index (χ4v) is 1.43. The van der Waals surface area contributed by atoms with Gasteiger partial charge in [0.2, 0.25) is 5.91 Å². The number of hydrogen-bond donors (Lipinski definition) is 1. The molecule has 1 aliphatic carbocycles. The van der Waals surface area contributed by atoms with E-state index >= 15 is 0 Å². The van der Waals surface area contributed by atoms with Gasteiger partial charge in [0.15, 0.2) is 0 Å². The molecule has 2 heteroatoms. The van der Waals surface area contributed by atoms with Gasteiger partial charge in [-0.3, -0.25) is 4.79 Å². The van der Waals surface area contributed by atoms with Gasteiger partial charge < -0.3 is 5.32 Å². The number of nitrogens with one attached hydrogen (secondary N) is 1. The average Bonchev–Trinajstić information content (AvgIpc) is 2.14. The van der Waals surface area contributed by atoms with Crippen LogP contribution in [0.25, 0.3) is 0 Å². The average molecular weight is 179 g/mol. The molecule has 1 rings (SSSR count). The highest BCUT2D eigenvalue weighted by molar-refractivity contribution is 5.72. The van der Waals surface area contributed by atoms with E-state index in [2.05, 4.69) is 17.5 Å². The molecule has 2 nitrogen and oxygen atoms in total. The SMILES string of the molecule is CC(=O)NCC=CC1=CCCCC1. The van der Waals surface area contributed by atoms with Crippen LogP contribution >= 0.6 is 0 Å². The Morgan fingerprint density at radius 2 is 2.46 bits per heavy atom. The summed E-state index contributed by atoms with van der Waals surface area (Å²) in [6, 6.07) is 0. The molecule has 0 aromatic rings. The molecule has 0 unspecified atom stereocenters. The highest BCUT2D eigenvalue weighted by Crippen LogP contribution is 2.17. The largest absolute Gasteiger partial charge is 0.353 e. The van der Waals surface area contributed by atoms with Crippen molar-refractivity contribution in [2.24, 2.45) is 0 Å². The van der Waals surface area contributed by atoms with Gasteiger partial charge in [0, 0.05) is 13.5 Å². The molecule has 72 valence electrons. The van der Waals surface area contributed by atoms with Crippen molar-refractivity contribution >= 4 is 5.91 Å². The fraction of sp³-hybridized carbons (Fsp3) is 0.545. The minimum atomic E-state index is 0.0299. The minimum absolute atomic E-state index is 0.0299. The molecule has 0 bridgehead atoms. The predicted octanol–water partition coefficient (Wildman–Crippen LogP) is 2.18. The zero-order chi connectivity index (χ0) is 9.52. The topological polar surface area (TPSA) is 29.1 Å². The number of hydrogen-bond acceptors (Lipinski definition) is 1. The molecule has 13 heavy (non-hydrogen) atoms. The number of carbonyl (C=O) groups excluding carboxylic acids is 1. The van der Waals surface area contributed by atoms with Crippen molar-refractivity contribution in [3.63, 3.8) is 0 Å². The molecule has 0 atom stereocenters. The summed E-state index contributed by atoms with van der Waals surface area (Å²) in [5, 5.41) is 2.73. The molecule has 0 aliphatic heterocycles. The third-order valence-electron chi connectivity index (χ3n) is 2.13. The van der Waals surface area contributed by atoms with Crippen LogP contribution in [0.1, 0.15) is 32.6 Å². The van der Waals surface area contributed by atoms with E-state index < -0.39 is 0 Å². The van der Waals surface area contributed by atoms with Gasteiger partial charge in [-0.25, -0.2) is 0 Å². The lowest BCUT2D eigenvalue weighted by atomic mass is 9.99. The Morgan fingerprint density at radius 1 is 1.62 bits per heavy atom. The summed E-state index contributed by atoms with van der Waals surface area (Å²) in [6.45, 7) is 2.18. The second kappa shape index (κ2) is 5.57. The van der Waals surface area contributed by atoms with E-state index in [-0.39, 0.29) is 5.91 Å². The van der Waals surface area contributed by atoms with Crippen LogP contribution in [0.15, 0.2) is 23.8 Å². The second-order valence-electron chi connectivity index (χ2n) is 3.36. The van der Waals surface area contributed by atoms with Crippen LogP contribution in [0.2, 0.25) is 0 Å². The van der Waals surface area contributed by atoms with Crippen molar-refractivity contribution in [3.8, 4) is 0 Å². The molecule has 0 saturated carbocycles. The maximum atomic E-state index is 10.5. The van der Waals surface area contributed by atoms with Gasteiger partial charge in [-0.1, -0.05) is 23.8 Å². The van der Waals surface area contributed by atoms with E-state index in [9.17, 15) is 4.79 Å². The highest BCUT2D eigenvalue weighted by atomic mass is 16.1. The van der Waals surface area contributed by atoms with E-state index in [1.807, 2.05) is 6.08 Å². The summed E-state index contributed by atoms with van der Waals surface area (Å²) in [5.41, 5.74) is 1.41. The first-order chi connectivity index (χ1) is 6.29. The fourth-order valence-electron chi connectivity index (χ4n) is 1.43. The first kappa shape index (κ1) is 10.0. The van der Waals surface area contributed by atoms with Crippen LogP contribution in [-0.2, 0) is 4.79 Å². The second-order valence-corrected chi connectivity index (χ2v) is 3.36. The molecule has 1 amide bonds. The first-order valence-corrected chi connectivity index (χ1v) is 4.89. The molecule has 0 aromatic heterocycles. The van der Waals surface area contributed by atoms with Crippen LogP contribution in [-0.4, -0.2) is 12.5 Å². The Balaban J connectivity index is 2.22. The van der Waals surface area contributed by atoms with Gasteiger partial charge in [-0.05, 0) is 25.7 Å². The van der Waals surface area contributed by atoms with Crippen LogP contribution in [0.5, 0.6) is 0 Å². The molecule has 0 spiro atoms. The van der Waals surface area contributed by atoms with Crippen molar-refractivity contribution in [3.05, 3.63) is 23.8 Å². The first-order valence-electron chi connectivity index (χ1n) is 4.89. The maximum absolute atomic E-state index is 10.5. The normalized spacial score (nSPS) is 17.2. The predicted molar refractivity (Wildman–Crippen MR) is 54.4 cm³/mol. The number of rotatable bonds is 3. The van der Waals surface area contributed by atoms with Crippen molar-refractivity contribution in [2.45, 2.75) is 32.6 Å². The van der Waals surface area contributed by atoms with Crippen molar-refractivity contribution in [1.29, 1.82) is 0 Å². The summed E-state index contributed by atoms with van der Waals surface area (Å²) in [4.78, 5) is 10.5. The van der Waals surface area contributed by atoms with Crippen LogP contribution in [0.3, 0.4) is 0 Å². The van der Waals surface area contributed by atoms with Gasteiger partial charge in [0.25, 0.3) is 0 Å². The number of allylic oxidation sites excluding steroid dienone is 3. The van der Waals surface area contributed by atoms with Crippen molar-refractivity contribution in [1.82, 2.24) is 5.32 Å². The summed E-state index contributed by atoms with van der Waals surface area (Å²) < 4.78 is 0. The lowest BCUT2D eigenvalue weighted by Crippen LogP contribution is -2.19.